The van der Waals surface area contributed by atoms with Gasteiger partial charge in [-0.05, 0) is 45.7 Å². The number of hydrogen-bond donors (Lipinski definition) is 2. The minimum atomic E-state index is -0.819. The Morgan fingerprint density at radius 3 is 2.82 bits per heavy atom. The molecule has 4 aromatic rings. The lowest BCUT2D eigenvalue weighted by Gasteiger charge is -2.32. The predicted octanol–water partition coefficient (Wildman–Crippen LogP) is 2.53. The molecule has 0 radical (unpaired) electrons. The van der Waals surface area contributed by atoms with E-state index in [-0.39, 0.29) is 11.9 Å². The number of methoxy groups -OCH3 is 1. The number of fused-ring (bicyclic) bond motifs is 3. The largest absolute Gasteiger partial charge is 0.494 e. The molecule has 3 aromatic heterocycles. The van der Waals surface area contributed by atoms with Gasteiger partial charge in [0, 0.05) is 30.6 Å². The molecule has 1 aliphatic rings. The second-order valence-electron chi connectivity index (χ2n) is 9.43. The summed E-state index contributed by atoms with van der Waals surface area (Å²) < 4.78 is 8.91. The molecule has 1 saturated heterocycles. The zero-order valence-corrected chi connectivity index (χ0v) is 19.5. The molecule has 1 aliphatic heterocycles. The maximum absolute atomic E-state index is 10.2. The van der Waals surface area contributed by atoms with Gasteiger partial charge >= 0.3 is 0 Å². The number of anilines is 2. The van der Waals surface area contributed by atoms with Crippen molar-refractivity contribution in [2.45, 2.75) is 51.7 Å². The van der Waals surface area contributed by atoms with Crippen LogP contribution in [0, 0.1) is 6.92 Å². The van der Waals surface area contributed by atoms with Crippen LogP contribution in [0.15, 0.2) is 24.4 Å². The summed E-state index contributed by atoms with van der Waals surface area (Å²) in [6.07, 6.45) is 4.05. The molecular formula is C23H30N8O2. The number of para-hydroxylation sites is 1. The van der Waals surface area contributed by atoms with E-state index >= 15 is 0 Å². The van der Waals surface area contributed by atoms with E-state index in [1.165, 1.54) is 0 Å². The number of rotatable bonds is 5. The maximum Gasteiger partial charge on any atom is 0.223 e. The Kier molecular flexibility index (Phi) is 5.12. The van der Waals surface area contributed by atoms with E-state index in [4.69, 9.17) is 20.6 Å². The standard InChI is InChI=1S/C23H30N8O2/c1-14-17(12-30(27-14)13-23(2,3)32)29-10-6-7-15(11-29)20-26-21-16-8-5-9-18(33-4)19(16)25-22(24)31(21)28-20/h5,8-9,12,15,32H,6-7,10-11,13H2,1-4H3,(H2,24,25)/t15-/m1/s1. The van der Waals surface area contributed by atoms with E-state index in [9.17, 15) is 5.11 Å². The fraction of sp³-hybridized carbons (Fsp3) is 0.478. The lowest BCUT2D eigenvalue weighted by Crippen LogP contribution is -2.35. The van der Waals surface area contributed by atoms with Crippen molar-refractivity contribution in [3.63, 3.8) is 0 Å². The van der Waals surface area contributed by atoms with E-state index in [0.717, 1.165) is 48.5 Å². The van der Waals surface area contributed by atoms with Crippen molar-refractivity contribution in [2.24, 2.45) is 0 Å². The van der Waals surface area contributed by atoms with Gasteiger partial charge in [-0.3, -0.25) is 4.68 Å². The van der Waals surface area contributed by atoms with Gasteiger partial charge in [0.2, 0.25) is 5.95 Å². The van der Waals surface area contributed by atoms with Crippen molar-refractivity contribution in [3.8, 4) is 5.75 Å². The van der Waals surface area contributed by atoms with Crippen LogP contribution in [-0.2, 0) is 6.54 Å². The van der Waals surface area contributed by atoms with Crippen molar-refractivity contribution in [2.75, 3.05) is 30.8 Å². The summed E-state index contributed by atoms with van der Waals surface area (Å²) in [5, 5.41) is 20.4. The molecule has 0 spiro atoms. The van der Waals surface area contributed by atoms with Crippen LogP contribution in [0.2, 0.25) is 0 Å². The van der Waals surface area contributed by atoms with Gasteiger partial charge in [0.1, 0.15) is 11.3 Å². The normalized spacial score (nSPS) is 17.2. The molecule has 0 amide bonds. The van der Waals surface area contributed by atoms with E-state index < -0.39 is 5.60 Å². The highest BCUT2D eigenvalue weighted by Gasteiger charge is 2.28. The lowest BCUT2D eigenvalue weighted by atomic mass is 9.97. The van der Waals surface area contributed by atoms with E-state index in [0.29, 0.717) is 23.5 Å². The average Bonchev–Trinajstić information content (AvgIpc) is 3.37. The second-order valence-corrected chi connectivity index (χ2v) is 9.43. The molecule has 3 N–H and O–H groups in total. The Balaban J connectivity index is 1.47. The Morgan fingerprint density at radius 1 is 1.24 bits per heavy atom. The Morgan fingerprint density at radius 2 is 2.06 bits per heavy atom. The number of hydrogen-bond acceptors (Lipinski definition) is 8. The van der Waals surface area contributed by atoms with Crippen molar-refractivity contribution in [1.29, 1.82) is 0 Å². The molecule has 0 aliphatic carbocycles. The molecule has 10 heteroatoms. The first kappa shape index (κ1) is 21.4. The third kappa shape index (κ3) is 3.95. The highest BCUT2D eigenvalue weighted by molar-refractivity contribution is 5.95. The second kappa shape index (κ2) is 7.87. The van der Waals surface area contributed by atoms with Gasteiger partial charge in [-0.1, -0.05) is 6.07 Å². The van der Waals surface area contributed by atoms with E-state index in [2.05, 4.69) is 15.0 Å². The highest BCUT2D eigenvalue weighted by atomic mass is 16.5. The first-order chi connectivity index (χ1) is 15.7. The number of aryl methyl sites for hydroxylation is 1. The monoisotopic (exact) mass is 450 g/mol. The fourth-order valence-corrected chi connectivity index (χ4v) is 4.68. The van der Waals surface area contributed by atoms with Crippen molar-refractivity contribution in [1.82, 2.24) is 29.4 Å². The third-order valence-electron chi connectivity index (χ3n) is 6.12. The molecule has 0 saturated carbocycles. The number of piperidine rings is 1. The fourth-order valence-electron chi connectivity index (χ4n) is 4.68. The summed E-state index contributed by atoms with van der Waals surface area (Å²) in [6.45, 7) is 7.77. The van der Waals surface area contributed by atoms with Crippen molar-refractivity contribution in [3.05, 3.63) is 35.9 Å². The Labute approximate surface area is 192 Å². The van der Waals surface area contributed by atoms with Gasteiger partial charge in [-0.25, -0.2) is 9.97 Å². The molecule has 33 heavy (non-hydrogen) atoms. The topological polar surface area (TPSA) is 120 Å². The predicted molar refractivity (Wildman–Crippen MR) is 127 cm³/mol. The van der Waals surface area contributed by atoms with Crippen LogP contribution in [0.5, 0.6) is 5.75 Å². The summed E-state index contributed by atoms with van der Waals surface area (Å²) in [7, 11) is 1.62. The number of aromatic nitrogens is 6. The summed E-state index contributed by atoms with van der Waals surface area (Å²) in [5.74, 6) is 1.88. The van der Waals surface area contributed by atoms with Gasteiger partial charge in [0.05, 0.1) is 30.6 Å². The first-order valence-electron chi connectivity index (χ1n) is 11.2. The minimum absolute atomic E-state index is 0.163. The zero-order valence-electron chi connectivity index (χ0n) is 19.5. The van der Waals surface area contributed by atoms with Crippen LogP contribution in [0.25, 0.3) is 16.6 Å². The van der Waals surface area contributed by atoms with Crippen LogP contribution >= 0.6 is 0 Å². The van der Waals surface area contributed by atoms with Gasteiger partial charge in [0.15, 0.2) is 11.5 Å². The van der Waals surface area contributed by atoms with Crippen LogP contribution in [0.3, 0.4) is 0 Å². The van der Waals surface area contributed by atoms with Gasteiger partial charge in [-0.2, -0.15) is 9.61 Å². The van der Waals surface area contributed by atoms with Crippen LogP contribution in [0.4, 0.5) is 11.6 Å². The number of ether oxygens (including phenoxy) is 1. The summed E-state index contributed by atoms with van der Waals surface area (Å²) >= 11 is 0. The summed E-state index contributed by atoms with van der Waals surface area (Å²) in [6, 6.07) is 5.75. The molecular weight excluding hydrogens is 420 g/mol. The van der Waals surface area contributed by atoms with Crippen molar-refractivity contribution < 1.29 is 9.84 Å². The number of nitrogen functional groups attached to an aromatic ring is 1. The van der Waals surface area contributed by atoms with Gasteiger partial charge in [-0.15, -0.1) is 5.10 Å². The summed E-state index contributed by atoms with van der Waals surface area (Å²) in [4.78, 5) is 11.8. The SMILES string of the molecule is COc1cccc2c1nc(N)n1nc([C@@H]3CCCN(c4cn(CC(C)(C)O)nc4C)C3)nc21. The lowest BCUT2D eigenvalue weighted by molar-refractivity contribution is 0.0577. The molecule has 1 fully saturated rings. The molecule has 1 aromatic carbocycles. The van der Waals surface area contributed by atoms with Crippen LogP contribution in [-0.4, -0.2) is 60.3 Å². The molecule has 0 bridgehead atoms. The zero-order chi connectivity index (χ0) is 23.3. The van der Waals surface area contributed by atoms with Crippen LogP contribution < -0.4 is 15.4 Å². The average molecular weight is 451 g/mol. The smallest absolute Gasteiger partial charge is 0.223 e. The quantitative estimate of drug-likeness (QED) is 0.476. The molecule has 5 rings (SSSR count). The third-order valence-corrected chi connectivity index (χ3v) is 6.12. The highest BCUT2D eigenvalue weighted by Crippen LogP contribution is 2.32. The number of benzene rings is 1. The van der Waals surface area contributed by atoms with E-state index in [1.807, 2.05) is 36.0 Å². The number of nitrogens with zero attached hydrogens (tertiary/aromatic N) is 7. The molecule has 10 nitrogen and oxygen atoms in total. The van der Waals surface area contributed by atoms with Gasteiger partial charge in [0.25, 0.3) is 0 Å². The molecule has 4 heterocycles. The molecule has 1 atom stereocenters. The number of aliphatic hydroxyl groups is 1. The van der Waals surface area contributed by atoms with Gasteiger partial charge < -0.3 is 20.5 Å². The molecule has 174 valence electrons. The summed E-state index contributed by atoms with van der Waals surface area (Å²) in [5.41, 5.74) is 8.83. The maximum atomic E-state index is 10.2. The number of nitrogens with two attached hydrogens (primary N) is 1. The molecule has 0 unspecified atom stereocenters. The van der Waals surface area contributed by atoms with Crippen LogP contribution in [0.1, 0.15) is 44.1 Å². The Hall–Kier alpha value is -3.40. The Bertz CT molecular complexity index is 1320. The first-order valence-corrected chi connectivity index (χ1v) is 11.2. The van der Waals surface area contributed by atoms with E-state index in [1.54, 1.807) is 25.5 Å². The van der Waals surface area contributed by atoms with Crippen molar-refractivity contribution >= 4 is 28.2 Å². The minimum Gasteiger partial charge on any atom is -0.494 e.